The first-order valence-electron chi connectivity index (χ1n) is 3.08. The number of alkyl halides is 5. The normalized spacial score (nSPS) is 14.3. The number of halogens is 6. The zero-order chi connectivity index (χ0) is 11.6. The largest absolute Gasteiger partial charge is 0.542 e. The number of carboxylic acid groups (broad SMARTS) is 1. The zero-order valence-electron chi connectivity index (χ0n) is 6.37. The molecule has 82 valence electrons. The number of aliphatic carboxylic acids is 1. The lowest BCUT2D eigenvalue weighted by Gasteiger charge is -2.14. The molecule has 0 fully saturated rings. The van der Waals surface area contributed by atoms with Crippen LogP contribution in [0.5, 0.6) is 0 Å². The van der Waals surface area contributed by atoms with Crippen molar-refractivity contribution in [2.24, 2.45) is 0 Å². The van der Waals surface area contributed by atoms with E-state index in [1.54, 1.807) is 0 Å². The number of allylic oxidation sites excluding steroid dienone is 1. The maximum atomic E-state index is 12.2. The Labute approximate surface area is 73.8 Å². The fraction of sp³-hybridized carbons (Fsp3) is 0.500. The van der Waals surface area contributed by atoms with Gasteiger partial charge < -0.3 is 9.90 Å². The molecule has 0 amide bonds. The van der Waals surface area contributed by atoms with Gasteiger partial charge in [-0.15, -0.1) is 0 Å². The number of carbonyl (C=O) groups excluding carboxylic acids is 1. The molecular weight excluding hydrogens is 218 g/mol. The van der Waals surface area contributed by atoms with Gasteiger partial charge in [-0.1, -0.05) is 0 Å². The van der Waals surface area contributed by atoms with Crippen molar-refractivity contribution in [2.45, 2.75) is 18.5 Å². The van der Waals surface area contributed by atoms with Crippen molar-refractivity contribution in [3.05, 3.63) is 11.9 Å². The van der Waals surface area contributed by atoms with Gasteiger partial charge in [-0.2, -0.15) is 13.2 Å². The van der Waals surface area contributed by atoms with E-state index < -0.39 is 36.4 Å². The maximum Gasteiger partial charge on any atom is 0.395 e. The molecule has 0 aliphatic heterocycles. The summed E-state index contributed by atoms with van der Waals surface area (Å²) in [4.78, 5) is 9.57. The molecular formula is C6H3F6O2-. The van der Waals surface area contributed by atoms with E-state index in [4.69, 9.17) is 0 Å². The molecule has 0 bridgehead atoms. The quantitative estimate of drug-likeness (QED) is 0.530. The first-order valence-corrected chi connectivity index (χ1v) is 3.08. The third kappa shape index (κ3) is 5.44. The smallest absolute Gasteiger partial charge is 0.395 e. The van der Waals surface area contributed by atoms with E-state index in [0.717, 1.165) is 0 Å². The first-order chi connectivity index (χ1) is 6.03. The average Bonchev–Trinajstić information content (AvgIpc) is 1.78. The van der Waals surface area contributed by atoms with Gasteiger partial charge in [0.25, 0.3) is 5.92 Å². The number of carboxylic acids is 1. The summed E-state index contributed by atoms with van der Waals surface area (Å²) in [5, 5.41) is 9.57. The molecule has 0 aromatic rings. The van der Waals surface area contributed by atoms with Crippen molar-refractivity contribution in [1.82, 2.24) is 0 Å². The van der Waals surface area contributed by atoms with Crippen LogP contribution in [-0.2, 0) is 4.79 Å². The van der Waals surface area contributed by atoms with E-state index in [-0.39, 0.29) is 0 Å². The van der Waals surface area contributed by atoms with Crippen LogP contribution in [0.1, 0.15) is 6.42 Å². The molecule has 0 aromatic heterocycles. The second kappa shape index (κ2) is 3.89. The van der Waals surface area contributed by atoms with Crippen LogP contribution in [0.4, 0.5) is 26.3 Å². The van der Waals surface area contributed by atoms with Gasteiger partial charge in [0.15, 0.2) is 0 Å². The van der Waals surface area contributed by atoms with Gasteiger partial charge in [-0.25, -0.2) is 13.2 Å². The van der Waals surface area contributed by atoms with Crippen LogP contribution in [0.3, 0.4) is 0 Å². The highest BCUT2D eigenvalue weighted by Crippen LogP contribution is 2.33. The summed E-state index contributed by atoms with van der Waals surface area (Å²) in [5.41, 5.74) is 0. The Morgan fingerprint density at radius 3 is 1.93 bits per heavy atom. The molecule has 0 aliphatic rings. The molecule has 0 atom stereocenters. The summed E-state index contributed by atoms with van der Waals surface area (Å²) in [6.45, 7) is 0. The molecule has 0 radical (unpaired) electrons. The van der Waals surface area contributed by atoms with Gasteiger partial charge in [0.2, 0.25) is 0 Å². The minimum atomic E-state index is -5.22. The van der Waals surface area contributed by atoms with Crippen molar-refractivity contribution < 1.29 is 36.2 Å². The van der Waals surface area contributed by atoms with Crippen LogP contribution in [0.15, 0.2) is 11.9 Å². The van der Waals surface area contributed by atoms with Crippen LogP contribution >= 0.6 is 0 Å². The Morgan fingerprint density at radius 2 is 1.64 bits per heavy atom. The topological polar surface area (TPSA) is 40.1 Å². The lowest BCUT2D eigenvalue weighted by atomic mass is 10.2. The Balaban J connectivity index is 4.64. The Morgan fingerprint density at radius 1 is 1.21 bits per heavy atom. The van der Waals surface area contributed by atoms with E-state index in [9.17, 15) is 36.2 Å². The molecule has 0 rings (SSSR count). The van der Waals surface area contributed by atoms with Gasteiger partial charge >= 0.3 is 6.18 Å². The van der Waals surface area contributed by atoms with Crippen molar-refractivity contribution >= 4 is 5.97 Å². The van der Waals surface area contributed by atoms with Crippen LogP contribution in [-0.4, -0.2) is 18.1 Å². The van der Waals surface area contributed by atoms with Gasteiger partial charge in [0.1, 0.15) is 12.2 Å². The summed E-state index contributed by atoms with van der Waals surface area (Å²) in [6.07, 6.45) is -8.78. The molecule has 2 nitrogen and oxygen atoms in total. The molecule has 0 saturated carbocycles. The lowest BCUT2D eigenvalue weighted by molar-refractivity contribution is -0.301. The predicted octanol–water partition coefficient (Wildman–Crippen LogP) is 1.18. The fourth-order valence-electron chi connectivity index (χ4n) is 0.563. The van der Waals surface area contributed by atoms with Crippen molar-refractivity contribution in [2.75, 3.05) is 0 Å². The van der Waals surface area contributed by atoms with Crippen LogP contribution in [0, 0.1) is 0 Å². The van der Waals surface area contributed by atoms with Crippen molar-refractivity contribution in [3.8, 4) is 0 Å². The Bertz CT molecular complexity index is 254. The van der Waals surface area contributed by atoms with Crippen molar-refractivity contribution in [1.29, 1.82) is 0 Å². The predicted molar refractivity (Wildman–Crippen MR) is 29.8 cm³/mol. The molecule has 0 unspecified atom stereocenters. The standard InChI is InChI=1S/C6H4F6O2/c7-3(4(13)14)1-5(8,9)2-6(10,11)12/h1H,2H2,(H,13,14)/p-1. The van der Waals surface area contributed by atoms with Gasteiger partial charge in [0.05, 0.1) is 5.97 Å². The molecule has 0 saturated heterocycles. The summed E-state index contributed by atoms with van der Waals surface area (Å²) >= 11 is 0. The maximum absolute atomic E-state index is 12.2. The third-order valence-electron chi connectivity index (χ3n) is 0.969. The minimum absolute atomic E-state index is 0.935. The third-order valence-corrected chi connectivity index (χ3v) is 0.969. The Hall–Kier alpha value is -1.21. The van der Waals surface area contributed by atoms with E-state index in [2.05, 4.69) is 0 Å². The van der Waals surface area contributed by atoms with E-state index >= 15 is 0 Å². The SMILES string of the molecule is O=C([O-])C(F)=CC(F)(F)CC(F)(F)F. The highest BCUT2D eigenvalue weighted by Gasteiger charge is 2.42. The van der Waals surface area contributed by atoms with Gasteiger partial charge in [-0.3, -0.25) is 0 Å². The molecule has 0 heterocycles. The summed E-state index contributed by atoms with van der Waals surface area (Å²) in [6, 6.07) is 0. The Kier molecular flexibility index (Phi) is 3.55. The number of hydrogen-bond donors (Lipinski definition) is 0. The molecule has 0 aromatic carbocycles. The highest BCUT2D eigenvalue weighted by molar-refractivity contribution is 5.82. The van der Waals surface area contributed by atoms with Crippen LogP contribution in [0.25, 0.3) is 0 Å². The van der Waals surface area contributed by atoms with Crippen LogP contribution in [0.2, 0.25) is 0 Å². The van der Waals surface area contributed by atoms with Crippen LogP contribution < -0.4 is 5.11 Å². The molecule has 0 spiro atoms. The average molecular weight is 221 g/mol. The summed E-state index contributed by atoms with van der Waals surface area (Å²) in [7, 11) is 0. The zero-order valence-corrected chi connectivity index (χ0v) is 6.37. The van der Waals surface area contributed by atoms with Gasteiger partial charge in [0, 0.05) is 6.08 Å². The monoisotopic (exact) mass is 221 g/mol. The fourth-order valence-corrected chi connectivity index (χ4v) is 0.563. The summed E-state index contributed by atoms with van der Waals surface area (Å²) < 4.78 is 70.6. The highest BCUT2D eigenvalue weighted by atomic mass is 19.4. The van der Waals surface area contributed by atoms with E-state index in [1.807, 2.05) is 0 Å². The molecule has 8 heteroatoms. The number of carbonyl (C=O) groups is 1. The van der Waals surface area contributed by atoms with E-state index in [0.29, 0.717) is 0 Å². The lowest BCUT2D eigenvalue weighted by Crippen LogP contribution is -2.27. The molecule has 14 heavy (non-hydrogen) atoms. The van der Waals surface area contributed by atoms with E-state index in [1.165, 1.54) is 0 Å². The van der Waals surface area contributed by atoms with Gasteiger partial charge in [-0.05, 0) is 0 Å². The minimum Gasteiger partial charge on any atom is -0.542 e. The second-order valence-electron chi connectivity index (χ2n) is 2.33. The number of hydrogen-bond acceptors (Lipinski definition) is 2. The summed E-state index contributed by atoms with van der Waals surface area (Å²) in [5.74, 6) is -9.62. The number of rotatable bonds is 3. The molecule has 0 aliphatic carbocycles. The second-order valence-corrected chi connectivity index (χ2v) is 2.33. The molecule has 0 N–H and O–H groups in total. The first kappa shape index (κ1) is 12.8. The van der Waals surface area contributed by atoms with Crippen molar-refractivity contribution in [3.63, 3.8) is 0 Å².